The lowest BCUT2D eigenvalue weighted by molar-refractivity contribution is 0.291. The zero-order chi connectivity index (χ0) is 9.15. The zero-order valence-corrected chi connectivity index (χ0v) is 7.61. The highest BCUT2D eigenvalue weighted by molar-refractivity contribution is 5.11. The molecule has 4 heteroatoms. The molecule has 1 aromatic rings. The molecule has 1 saturated carbocycles. The van der Waals surface area contributed by atoms with E-state index in [4.69, 9.17) is 5.73 Å². The number of aromatic nitrogens is 3. The van der Waals surface area contributed by atoms with E-state index in [1.807, 2.05) is 6.07 Å². The van der Waals surface area contributed by atoms with Gasteiger partial charge in [0.2, 0.25) is 0 Å². The summed E-state index contributed by atoms with van der Waals surface area (Å²) < 4.78 is 0. The number of nitrogens with two attached hydrogens (primary N) is 1. The molecule has 4 nitrogen and oxygen atoms in total. The molecular formula is C9H14N4. The van der Waals surface area contributed by atoms with Crippen LogP contribution in [0.5, 0.6) is 0 Å². The predicted octanol–water partition coefficient (Wildman–Crippen LogP) is 0.990. The third-order valence-electron chi connectivity index (χ3n) is 2.76. The Morgan fingerprint density at radius 2 is 2.00 bits per heavy atom. The highest BCUT2D eigenvalue weighted by Crippen LogP contribution is 2.32. The molecule has 1 aliphatic rings. The van der Waals surface area contributed by atoms with E-state index in [1.165, 1.54) is 19.3 Å². The highest BCUT2D eigenvalue weighted by Gasteiger charge is 2.30. The van der Waals surface area contributed by atoms with Crippen LogP contribution in [0.25, 0.3) is 0 Å². The average Bonchev–Trinajstić information content (AvgIpc) is 2.20. The molecule has 1 aromatic heterocycles. The van der Waals surface area contributed by atoms with Crippen LogP contribution < -0.4 is 5.73 Å². The molecule has 0 amide bonds. The summed E-state index contributed by atoms with van der Waals surface area (Å²) in [4.78, 5) is 0. The van der Waals surface area contributed by atoms with E-state index in [0.717, 1.165) is 18.5 Å². The molecule has 1 aliphatic carbocycles. The second kappa shape index (κ2) is 3.38. The van der Waals surface area contributed by atoms with E-state index in [0.29, 0.717) is 0 Å². The van der Waals surface area contributed by atoms with Gasteiger partial charge in [-0.3, -0.25) is 0 Å². The van der Waals surface area contributed by atoms with Gasteiger partial charge in [-0.2, -0.15) is 0 Å². The summed E-state index contributed by atoms with van der Waals surface area (Å²) in [6.45, 7) is 0. The SMILES string of the molecule is NC1(c2ccnnn2)CCCCC1. The first-order chi connectivity index (χ1) is 6.31. The quantitative estimate of drug-likeness (QED) is 0.696. The van der Waals surface area contributed by atoms with E-state index in [2.05, 4.69) is 15.4 Å². The van der Waals surface area contributed by atoms with E-state index >= 15 is 0 Å². The number of hydrogen-bond donors (Lipinski definition) is 1. The Labute approximate surface area is 77.6 Å². The van der Waals surface area contributed by atoms with Crippen LogP contribution in [0, 0.1) is 0 Å². The maximum absolute atomic E-state index is 6.25. The first kappa shape index (κ1) is 8.56. The predicted molar refractivity (Wildman–Crippen MR) is 48.8 cm³/mol. The first-order valence-corrected chi connectivity index (χ1v) is 4.75. The van der Waals surface area contributed by atoms with Crippen molar-refractivity contribution in [1.82, 2.24) is 15.4 Å². The molecule has 0 radical (unpaired) electrons. The van der Waals surface area contributed by atoms with Crippen LogP contribution in [0.2, 0.25) is 0 Å². The van der Waals surface area contributed by atoms with Gasteiger partial charge < -0.3 is 5.73 Å². The molecule has 0 bridgehead atoms. The van der Waals surface area contributed by atoms with Gasteiger partial charge in [-0.25, -0.2) is 0 Å². The Morgan fingerprint density at radius 1 is 1.23 bits per heavy atom. The van der Waals surface area contributed by atoms with E-state index in [-0.39, 0.29) is 5.54 Å². The smallest absolute Gasteiger partial charge is 0.0863 e. The van der Waals surface area contributed by atoms with Gasteiger partial charge >= 0.3 is 0 Å². The van der Waals surface area contributed by atoms with Gasteiger partial charge in [0.05, 0.1) is 17.4 Å². The molecule has 70 valence electrons. The lowest BCUT2D eigenvalue weighted by atomic mass is 9.80. The minimum Gasteiger partial charge on any atom is -0.320 e. The number of hydrogen-bond acceptors (Lipinski definition) is 4. The molecule has 0 spiro atoms. The van der Waals surface area contributed by atoms with Crippen molar-refractivity contribution in [3.05, 3.63) is 18.0 Å². The second-order valence-corrected chi connectivity index (χ2v) is 3.72. The normalized spacial score (nSPS) is 21.3. The van der Waals surface area contributed by atoms with Crippen molar-refractivity contribution in [2.75, 3.05) is 0 Å². The summed E-state index contributed by atoms with van der Waals surface area (Å²) in [5.74, 6) is 0. The maximum Gasteiger partial charge on any atom is 0.0863 e. The Kier molecular flexibility index (Phi) is 2.22. The van der Waals surface area contributed by atoms with Crippen LogP contribution in [0.3, 0.4) is 0 Å². The van der Waals surface area contributed by atoms with Crippen molar-refractivity contribution in [3.8, 4) is 0 Å². The van der Waals surface area contributed by atoms with Crippen molar-refractivity contribution >= 4 is 0 Å². The molecule has 1 heterocycles. The fourth-order valence-corrected chi connectivity index (χ4v) is 1.95. The molecule has 0 unspecified atom stereocenters. The summed E-state index contributed by atoms with van der Waals surface area (Å²) in [6, 6.07) is 1.87. The van der Waals surface area contributed by atoms with Gasteiger partial charge in [0.1, 0.15) is 0 Å². The molecule has 2 rings (SSSR count). The van der Waals surface area contributed by atoms with Gasteiger partial charge in [-0.1, -0.05) is 19.3 Å². The molecule has 13 heavy (non-hydrogen) atoms. The van der Waals surface area contributed by atoms with Crippen LogP contribution in [0.4, 0.5) is 0 Å². The minimum atomic E-state index is -0.242. The zero-order valence-electron chi connectivity index (χ0n) is 7.61. The third-order valence-corrected chi connectivity index (χ3v) is 2.76. The van der Waals surface area contributed by atoms with Gasteiger partial charge in [-0.15, -0.1) is 10.2 Å². The average molecular weight is 178 g/mol. The maximum atomic E-state index is 6.25. The van der Waals surface area contributed by atoms with Crippen LogP contribution in [0.1, 0.15) is 37.8 Å². The minimum absolute atomic E-state index is 0.242. The molecule has 0 saturated heterocycles. The van der Waals surface area contributed by atoms with Crippen LogP contribution in [-0.2, 0) is 5.54 Å². The largest absolute Gasteiger partial charge is 0.320 e. The summed E-state index contributed by atoms with van der Waals surface area (Å²) in [5, 5.41) is 11.3. The van der Waals surface area contributed by atoms with Crippen molar-refractivity contribution in [1.29, 1.82) is 0 Å². The molecule has 0 aromatic carbocycles. The number of nitrogens with zero attached hydrogens (tertiary/aromatic N) is 3. The second-order valence-electron chi connectivity index (χ2n) is 3.72. The standard InChI is InChI=1S/C9H14N4/c10-9(5-2-1-3-6-9)8-4-7-11-13-12-8/h4,7H,1-3,5-6,10H2. The highest BCUT2D eigenvalue weighted by atomic mass is 15.3. The Morgan fingerprint density at radius 3 is 2.62 bits per heavy atom. The Hall–Kier alpha value is -1.03. The summed E-state index contributed by atoms with van der Waals surface area (Å²) in [6.07, 6.45) is 7.38. The molecule has 0 atom stereocenters. The lowest BCUT2D eigenvalue weighted by Gasteiger charge is -2.31. The van der Waals surface area contributed by atoms with E-state index in [1.54, 1.807) is 6.20 Å². The Balaban J connectivity index is 2.23. The summed E-state index contributed by atoms with van der Waals surface area (Å²) in [7, 11) is 0. The van der Waals surface area contributed by atoms with Gasteiger partial charge in [0.15, 0.2) is 0 Å². The molecule has 1 fully saturated rings. The van der Waals surface area contributed by atoms with Gasteiger partial charge in [0.25, 0.3) is 0 Å². The number of rotatable bonds is 1. The molecule has 2 N–H and O–H groups in total. The van der Waals surface area contributed by atoms with Crippen molar-refractivity contribution in [2.45, 2.75) is 37.6 Å². The van der Waals surface area contributed by atoms with Crippen LogP contribution >= 0.6 is 0 Å². The van der Waals surface area contributed by atoms with Crippen LogP contribution in [-0.4, -0.2) is 15.4 Å². The van der Waals surface area contributed by atoms with Crippen molar-refractivity contribution < 1.29 is 0 Å². The lowest BCUT2D eigenvalue weighted by Crippen LogP contribution is -2.39. The monoisotopic (exact) mass is 178 g/mol. The van der Waals surface area contributed by atoms with Gasteiger partial charge in [-0.05, 0) is 24.1 Å². The third kappa shape index (κ3) is 1.67. The van der Waals surface area contributed by atoms with E-state index < -0.39 is 0 Å². The van der Waals surface area contributed by atoms with Crippen LogP contribution in [0.15, 0.2) is 12.3 Å². The summed E-state index contributed by atoms with van der Waals surface area (Å²) in [5.41, 5.74) is 6.90. The van der Waals surface area contributed by atoms with Crippen molar-refractivity contribution in [2.24, 2.45) is 5.73 Å². The van der Waals surface area contributed by atoms with E-state index in [9.17, 15) is 0 Å². The van der Waals surface area contributed by atoms with Gasteiger partial charge in [0, 0.05) is 0 Å². The fraction of sp³-hybridized carbons (Fsp3) is 0.667. The first-order valence-electron chi connectivity index (χ1n) is 4.75. The fourth-order valence-electron chi connectivity index (χ4n) is 1.95. The Bertz CT molecular complexity index is 266. The summed E-state index contributed by atoms with van der Waals surface area (Å²) >= 11 is 0. The molecule has 0 aliphatic heterocycles. The molecular weight excluding hydrogens is 164 g/mol. The topological polar surface area (TPSA) is 64.7 Å². The van der Waals surface area contributed by atoms with Crippen molar-refractivity contribution in [3.63, 3.8) is 0 Å².